The lowest BCUT2D eigenvalue weighted by molar-refractivity contribution is 0.0156. The SMILES string of the molecule is CCOCC(O)COc1c(OC)cc(Cl)cc1C(=O)O. The number of carboxylic acid groups (broad SMARTS) is 1. The maximum Gasteiger partial charge on any atom is 0.339 e. The average Bonchev–Trinajstić information content (AvgIpc) is 2.42. The van der Waals surface area contributed by atoms with Gasteiger partial charge in [0.2, 0.25) is 0 Å². The third kappa shape index (κ3) is 4.56. The number of aliphatic hydroxyl groups excluding tert-OH is 1. The molecule has 0 heterocycles. The Kier molecular flexibility index (Phi) is 6.57. The van der Waals surface area contributed by atoms with Gasteiger partial charge in [-0.3, -0.25) is 0 Å². The summed E-state index contributed by atoms with van der Waals surface area (Å²) in [7, 11) is 1.38. The van der Waals surface area contributed by atoms with E-state index < -0.39 is 12.1 Å². The molecule has 1 atom stereocenters. The van der Waals surface area contributed by atoms with E-state index in [1.165, 1.54) is 19.2 Å². The molecule has 1 rings (SSSR count). The number of carboxylic acids is 1. The summed E-state index contributed by atoms with van der Waals surface area (Å²) in [6.07, 6.45) is -0.864. The highest BCUT2D eigenvalue weighted by Gasteiger charge is 2.19. The number of rotatable bonds is 8. The molecule has 0 fully saturated rings. The molecule has 1 unspecified atom stereocenters. The summed E-state index contributed by atoms with van der Waals surface area (Å²) in [5.41, 5.74) is -0.127. The van der Waals surface area contributed by atoms with E-state index in [0.717, 1.165) is 0 Å². The highest BCUT2D eigenvalue weighted by molar-refractivity contribution is 6.31. The van der Waals surface area contributed by atoms with Crippen LogP contribution in [-0.4, -0.2) is 49.2 Å². The minimum atomic E-state index is -1.19. The molecule has 0 aliphatic heterocycles. The number of carbonyl (C=O) groups is 1. The molecule has 0 saturated carbocycles. The summed E-state index contributed by atoms with van der Waals surface area (Å²) in [5.74, 6) is -0.974. The number of benzene rings is 1. The quantitative estimate of drug-likeness (QED) is 0.762. The van der Waals surface area contributed by atoms with Crippen molar-refractivity contribution in [1.82, 2.24) is 0 Å². The number of hydrogen-bond donors (Lipinski definition) is 2. The lowest BCUT2D eigenvalue weighted by atomic mass is 10.2. The van der Waals surface area contributed by atoms with Gasteiger partial charge in [-0.2, -0.15) is 0 Å². The Morgan fingerprint density at radius 2 is 2.10 bits per heavy atom. The van der Waals surface area contributed by atoms with Gasteiger partial charge in [0, 0.05) is 17.7 Å². The van der Waals surface area contributed by atoms with E-state index >= 15 is 0 Å². The number of hydrogen-bond acceptors (Lipinski definition) is 5. The number of aliphatic hydroxyl groups is 1. The monoisotopic (exact) mass is 304 g/mol. The number of aromatic carboxylic acids is 1. The zero-order valence-corrected chi connectivity index (χ0v) is 12.0. The van der Waals surface area contributed by atoms with Gasteiger partial charge in [-0.25, -0.2) is 4.79 Å². The van der Waals surface area contributed by atoms with Crippen molar-refractivity contribution in [2.75, 3.05) is 26.9 Å². The number of methoxy groups -OCH3 is 1. The Morgan fingerprint density at radius 3 is 2.65 bits per heavy atom. The summed E-state index contributed by atoms with van der Waals surface area (Å²) in [4.78, 5) is 11.2. The van der Waals surface area contributed by atoms with E-state index in [9.17, 15) is 9.90 Å². The zero-order chi connectivity index (χ0) is 15.1. The maximum absolute atomic E-state index is 11.2. The van der Waals surface area contributed by atoms with Crippen LogP contribution in [0.25, 0.3) is 0 Å². The summed E-state index contributed by atoms with van der Waals surface area (Å²) in [6, 6.07) is 2.70. The molecule has 1 aromatic rings. The fourth-order valence-electron chi connectivity index (χ4n) is 1.51. The fourth-order valence-corrected chi connectivity index (χ4v) is 1.72. The van der Waals surface area contributed by atoms with Gasteiger partial charge >= 0.3 is 5.97 Å². The predicted octanol–water partition coefficient (Wildman–Crippen LogP) is 1.82. The Hall–Kier alpha value is -1.50. The molecule has 0 aromatic heterocycles. The Bertz CT molecular complexity index is 462. The van der Waals surface area contributed by atoms with Gasteiger partial charge in [-0.05, 0) is 13.0 Å². The molecule has 0 amide bonds. The van der Waals surface area contributed by atoms with E-state index in [2.05, 4.69) is 0 Å². The minimum absolute atomic E-state index is 0.0277. The predicted molar refractivity (Wildman–Crippen MR) is 73.0 cm³/mol. The van der Waals surface area contributed by atoms with Gasteiger partial charge in [0.25, 0.3) is 0 Å². The first-order valence-corrected chi connectivity index (χ1v) is 6.36. The molecule has 0 radical (unpaired) electrons. The van der Waals surface area contributed by atoms with Gasteiger partial charge in [0.15, 0.2) is 11.5 Å². The van der Waals surface area contributed by atoms with Crippen molar-refractivity contribution in [3.63, 3.8) is 0 Å². The Labute approximate surface area is 121 Å². The second-order valence-electron chi connectivity index (χ2n) is 3.91. The molecule has 0 spiro atoms. The first kappa shape index (κ1) is 16.6. The third-order valence-corrected chi connectivity index (χ3v) is 2.62. The van der Waals surface area contributed by atoms with Crippen LogP contribution < -0.4 is 9.47 Å². The van der Waals surface area contributed by atoms with Crippen LogP contribution in [0.5, 0.6) is 11.5 Å². The fraction of sp³-hybridized carbons (Fsp3) is 0.462. The molecule has 20 heavy (non-hydrogen) atoms. The highest BCUT2D eigenvalue weighted by Crippen LogP contribution is 2.34. The molecule has 1 aromatic carbocycles. The van der Waals surface area contributed by atoms with Crippen LogP contribution in [0.15, 0.2) is 12.1 Å². The van der Waals surface area contributed by atoms with Crippen molar-refractivity contribution in [3.8, 4) is 11.5 Å². The Morgan fingerprint density at radius 1 is 1.40 bits per heavy atom. The molecular weight excluding hydrogens is 288 g/mol. The van der Waals surface area contributed by atoms with Gasteiger partial charge in [0.1, 0.15) is 18.3 Å². The molecule has 7 heteroatoms. The molecule has 0 bridgehead atoms. The third-order valence-electron chi connectivity index (χ3n) is 2.40. The molecule has 112 valence electrons. The van der Waals surface area contributed by atoms with Crippen LogP contribution in [-0.2, 0) is 4.74 Å². The lowest BCUT2D eigenvalue weighted by Crippen LogP contribution is -2.24. The van der Waals surface area contributed by atoms with Crippen molar-refractivity contribution in [2.24, 2.45) is 0 Å². The van der Waals surface area contributed by atoms with Crippen LogP contribution in [0.1, 0.15) is 17.3 Å². The molecular formula is C13H17ClO6. The Balaban J connectivity index is 2.89. The van der Waals surface area contributed by atoms with Crippen molar-refractivity contribution in [1.29, 1.82) is 0 Å². The normalized spacial score (nSPS) is 12.0. The number of halogens is 1. The molecule has 2 N–H and O–H groups in total. The molecule has 0 aliphatic carbocycles. The first-order valence-electron chi connectivity index (χ1n) is 5.99. The van der Waals surface area contributed by atoms with E-state index in [-0.39, 0.29) is 35.3 Å². The van der Waals surface area contributed by atoms with Gasteiger partial charge in [-0.1, -0.05) is 11.6 Å². The largest absolute Gasteiger partial charge is 0.493 e. The summed E-state index contributed by atoms with van der Waals surface area (Å²) < 4.78 is 15.4. The van der Waals surface area contributed by atoms with Crippen molar-refractivity contribution in [2.45, 2.75) is 13.0 Å². The second kappa shape index (κ2) is 7.94. The maximum atomic E-state index is 11.2. The molecule has 6 nitrogen and oxygen atoms in total. The van der Waals surface area contributed by atoms with Crippen LogP contribution in [0, 0.1) is 0 Å². The van der Waals surface area contributed by atoms with Crippen LogP contribution in [0.3, 0.4) is 0 Å². The topological polar surface area (TPSA) is 85.2 Å². The second-order valence-corrected chi connectivity index (χ2v) is 4.35. The van der Waals surface area contributed by atoms with Crippen LogP contribution in [0.4, 0.5) is 0 Å². The zero-order valence-electron chi connectivity index (χ0n) is 11.3. The van der Waals surface area contributed by atoms with E-state index in [1.54, 1.807) is 6.92 Å². The number of ether oxygens (including phenoxy) is 3. The van der Waals surface area contributed by atoms with Crippen molar-refractivity contribution >= 4 is 17.6 Å². The lowest BCUT2D eigenvalue weighted by Gasteiger charge is -2.16. The van der Waals surface area contributed by atoms with Crippen LogP contribution >= 0.6 is 11.6 Å². The highest BCUT2D eigenvalue weighted by atomic mass is 35.5. The van der Waals surface area contributed by atoms with Gasteiger partial charge in [0.05, 0.1) is 13.7 Å². The van der Waals surface area contributed by atoms with Gasteiger partial charge in [-0.15, -0.1) is 0 Å². The van der Waals surface area contributed by atoms with Crippen LogP contribution in [0.2, 0.25) is 5.02 Å². The molecule has 0 saturated heterocycles. The minimum Gasteiger partial charge on any atom is -0.493 e. The van der Waals surface area contributed by atoms with Crippen molar-refractivity contribution in [3.05, 3.63) is 22.7 Å². The standard InChI is InChI=1S/C13H17ClO6/c1-3-19-6-9(15)7-20-12-10(13(16)17)4-8(14)5-11(12)18-2/h4-5,9,15H,3,6-7H2,1-2H3,(H,16,17). The van der Waals surface area contributed by atoms with Gasteiger partial charge < -0.3 is 24.4 Å². The average molecular weight is 305 g/mol. The summed E-state index contributed by atoms with van der Waals surface area (Å²) >= 11 is 5.81. The van der Waals surface area contributed by atoms with E-state index in [4.69, 9.17) is 30.9 Å². The first-order chi connectivity index (χ1) is 9.49. The molecule has 0 aliphatic rings. The van der Waals surface area contributed by atoms with E-state index in [1.807, 2.05) is 0 Å². The van der Waals surface area contributed by atoms with Crippen molar-refractivity contribution < 1.29 is 29.2 Å². The smallest absolute Gasteiger partial charge is 0.339 e. The summed E-state index contributed by atoms with van der Waals surface area (Å²) in [6.45, 7) is 2.27. The summed E-state index contributed by atoms with van der Waals surface area (Å²) in [5, 5.41) is 19.0. The van der Waals surface area contributed by atoms with E-state index in [0.29, 0.717) is 6.61 Å².